The van der Waals surface area contributed by atoms with Gasteiger partial charge >= 0.3 is 0 Å². The van der Waals surface area contributed by atoms with Crippen LogP contribution in [-0.2, 0) is 6.42 Å². The highest BCUT2D eigenvalue weighted by atomic mass is 16.1. The number of pyridine rings is 1. The monoisotopic (exact) mass is 425 g/mol. The van der Waals surface area contributed by atoms with Gasteiger partial charge in [0.2, 0.25) is 0 Å². The third kappa shape index (κ3) is 4.02. The first-order valence-electron chi connectivity index (χ1n) is 11.9. The van der Waals surface area contributed by atoms with Gasteiger partial charge in [0.05, 0.1) is 11.2 Å². The summed E-state index contributed by atoms with van der Waals surface area (Å²) in [5.41, 5.74) is 6.66. The molecule has 0 radical (unpaired) electrons. The number of carbonyl (C=O) groups is 1. The van der Waals surface area contributed by atoms with Crippen LogP contribution in [0.2, 0.25) is 0 Å². The molecule has 2 aromatic heterocycles. The number of H-pyrrole nitrogens is 1. The molecule has 164 valence electrons. The summed E-state index contributed by atoms with van der Waals surface area (Å²) in [5, 5.41) is 5.35. The molecule has 1 aliphatic carbocycles. The number of aromatic amines is 1. The Balaban J connectivity index is 1.53. The first-order valence-corrected chi connectivity index (χ1v) is 11.9. The minimum absolute atomic E-state index is 0.145. The number of anilines is 1. The molecule has 32 heavy (non-hydrogen) atoms. The number of nitrogens with zero attached hydrogens (tertiary/aromatic N) is 1. The van der Waals surface area contributed by atoms with Gasteiger partial charge in [0.1, 0.15) is 5.69 Å². The number of hydrogen-bond acceptors (Lipinski definition) is 2. The topological polar surface area (TPSA) is 57.8 Å². The van der Waals surface area contributed by atoms with Gasteiger partial charge in [-0.15, -0.1) is 0 Å². The summed E-state index contributed by atoms with van der Waals surface area (Å²) in [6.45, 7) is 4.04. The maximum Gasteiger partial charge on any atom is 0.274 e. The number of para-hydroxylation sites is 2. The molecule has 2 heterocycles. The van der Waals surface area contributed by atoms with Crippen LogP contribution in [0.15, 0.2) is 48.5 Å². The number of aromatic nitrogens is 2. The van der Waals surface area contributed by atoms with Gasteiger partial charge in [-0.2, -0.15) is 0 Å². The number of amides is 1. The number of carbonyl (C=O) groups excluding carboxylic acids is 1. The highest BCUT2D eigenvalue weighted by Crippen LogP contribution is 2.32. The zero-order valence-corrected chi connectivity index (χ0v) is 19.0. The van der Waals surface area contributed by atoms with E-state index in [0.717, 1.165) is 63.1 Å². The lowest BCUT2D eigenvalue weighted by atomic mass is 9.85. The summed E-state index contributed by atoms with van der Waals surface area (Å²) < 4.78 is 0. The Hall–Kier alpha value is -3.14. The van der Waals surface area contributed by atoms with Gasteiger partial charge in [-0.05, 0) is 55.9 Å². The van der Waals surface area contributed by atoms with E-state index in [1.54, 1.807) is 0 Å². The van der Waals surface area contributed by atoms with E-state index in [0.29, 0.717) is 5.69 Å². The smallest absolute Gasteiger partial charge is 0.274 e. The van der Waals surface area contributed by atoms with E-state index in [-0.39, 0.29) is 5.91 Å². The second kappa shape index (κ2) is 8.78. The number of benzene rings is 2. The van der Waals surface area contributed by atoms with Crippen molar-refractivity contribution in [2.24, 2.45) is 5.92 Å². The predicted octanol–water partition coefficient (Wildman–Crippen LogP) is 7.10. The standard InChI is InChI=1S/C28H31N3O/c1-18-9-8-10-19(2)26(18)31-28(32)25-17-22-21-13-6-7-14-23(21)30-27(22)24(29-25)16-15-20-11-4-3-5-12-20/h6-10,13-14,17,20,30H,3-5,11-12,15-16H2,1-2H3,(H,31,32). The first kappa shape index (κ1) is 20.7. The lowest BCUT2D eigenvalue weighted by Crippen LogP contribution is -2.16. The molecule has 0 unspecified atom stereocenters. The summed E-state index contributed by atoms with van der Waals surface area (Å²) in [6, 6.07) is 16.3. The van der Waals surface area contributed by atoms with Crippen LogP contribution >= 0.6 is 0 Å². The number of fused-ring (bicyclic) bond motifs is 3. The summed E-state index contributed by atoms with van der Waals surface area (Å²) in [5.74, 6) is 0.630. The molecule has 0 aliphatic heterocycles. The van der Waals surface area contributed by atoms with Crippen molar-refractivity contribution in [3.05, 3.63) is 71.0 Å². The van der Waals surface area contributed by atoms with E-state index in [9.17, 15) is 4.79 Å². The summed E-state index contributed by atoms with van der Waals surface area (Å²) in [6.07, 6.45) is 8.74. The zero-order valence-electron chi connectivity index (χ0n) is 19.0. The highest BCUT2D eigenvalue weighted by molar-refractivity contribution is 6.12. The lowest BCUT2D eigenvalue weighted by molar-refractivity contribution is 0.102. The lowest BCUT2D eigenvalue weighted by Gasteiger charge is -2.21. The van der Waals surface area contributed by atoms with Crippen molar-refractivity contribution >= 4 is 33.4 Å². The molecular formula is C28H31N3O. The van der Waals surface area contributed by atoms with Gasteiger partial charge in [0.25, 0.3) is 5.91 Å². The Morgan fingerprint density at radius 2 is 1.75 bits per heavy atom. The number of nitrogens with one attached hydrogen (secondary N) is 2. The largest absolute Gasteiger partial charge is 0.353 e. The SMILES string of the molecule is Cc1cccc(C)c1NC(=O)c1cc2c([nH]c3ccccc32)c(CCC2CCCCC2)n1. The summed E-state index contributed by atoms with van der Waals surface area (Å²) >= 11 is 0. The zero-order chi connectivity index (χ0) is 22.1. The molecule has 1 fully saturated rings. The van der Waals surface area contributed by atoms with Crippen LogP contribution in [0.25, 0.3) is 21.8 Å². The van der Waals surface area contributed by atoms with Crippen LogP contribution in [-0.4, -0.2) is 15.9 Å². The Labute approximate surface area is 189 Å². The number of hydrogen-bond donors (Lipinski definition) is 2. The number of rotatable bonds is 5. The van der Waals surface area contributed by atoms with Crippen LogP contribution in [0.1, 0.15) is 65.8 Å². The Bertz CT molecular complexity index is 1260. The van der Waals surface area contributed by atoms with Gasteiger partial charge in [-0.1, -0.05) is 68.5 Å². The van der Waals surface area contributed by atoms with E-state index < -0.39 is 0 Å². The van der Waals surface area contributed by atoms with Gasteiger partial charge < -0.3 is 10.3 Å². The summed E-state index contributed by atoms with van der Waals surface area (Å²) in [7, 11) is 0. The molecule has 0 atom stereocenters. The molecule has 5 rings (SSSR count). The predicted molar refractivity (Wildman–Crippen MR) is 132 cm³/mol. The van der Waals surface area contributed by atoms with Crippen molar-refractivity contribution in [3.8, 4) is 0 Å². The van der Waals surface area contributed by atoms with Gasteiger partial charge in [-0.3, -0.25) is 4.79 Å². The molecule has 1 amide bonds. The Kier molecular flexibility index (Phi) is 5.69. The molecule has 0 spiro atoms. The average Bonchev–Trinajstić information content (AvgIpc) is 3.19. The van der Waals surface area contributed by atoms with Gasteiger partial charge in [-0.25, -0.2) is 4.98 Å². The third-order valence-corrected chi connectivity index (χ3v) is 7.04. The van der Waals surface area contributed by atoms with Crippen molar-refractivity contribution in [2.75, 3.05) is 5.32 Å². The maximum atomic E-state index is 13.3. The van der Waals surface area contributed by atoms with E-state index in [1.807, 2.05) is 50.2 Å². The van der Waals surface area contributed by atoms with Crippen LogP contribution in [0.5, 0.6) is 0 Å². The minimum atomic E-state index is -0.145. The molecule has 0 bridgehead atoms. The molecule has 1 aliphatic rings. The Morgan fingerprint density at radius 1 is 1.00 bits per heavy atom. The second-order valence-electron chi connectivity index (χ2n) is 9.31. The fourth-order valence-electron chi connectivity index (χ4n) is 5.21. The quantitative estimate of drug-likeness (QED) is 0.358. The molecule has 4 nitrogen and oxygen atoms in total. The van der Waals surface area contributed by atoms with Crippen molar-refractivity contribution in [2.45, 2.75) is 58.8 Å². The normalized spacial score (nSPS) is 14.8. The molecule has 2 N–H and O–H groups in total. The Morgan fingerprint density at radius 3 is 2.53 bits per heavy atom. The van der Waals surface area contributed by atoms with Crippen molar-refractivity contribution in [1.82, 2.24) is 9.97 Å². The van der Waals surface area contributed by atoms with E-state index in [2.05, 4.69) is 22.4 Å². The van der Waals surface area contributed by atoms with E-state index in [4.69, 9.17) is 4.98 Å². The molecule has 1 saturated carbocycles. The van der Waals surface area contributed by atoms with Crippen LogP contribution < -0.4 is 5.32 Å². The molecule has 4 aromatic rings. The highest BCUT2D eigenvalue weighted by Gasteiger charge is 2.19. The second-order valence-corrected chi connectivity index (χ2v) is 9.31. The summed E-state index contributed by atoms with van der Waals surface area (Å²) in [4.78, 5) is 21.8. The van der Waals surface area contributed by atoms with Gasteiger partial charge in [0, 0.05) is 22.0 Å². The van der Waals surface area contributed by atoms with Crippen LogP contribution in [0, 0.1) is 19.8 Å². The molecule has 2 aromatic carbocycles. The fourth-order valence-corrected chi connectivity index (χ4v) is 5.21. The van der Waals surface area contributed by atoms with Crippen molar-refractivity contribution < 1.29 is 4.79 Å². The van der Waals surface area contributed by atoms with E-state index in [1.165, 1.54) is 32.1 Å². The van der Waals surface area contributed by atoms with Crippen molar-refractivity contribution in [3.63, 3.8) is 0 Å². The number of aryl methyl sites for hydroxylation is 3. The molecule has 0 saturated heterocycles. The molecular weight excluding hydrogens is 394 g/mol. The maximum absolute atomic E-state index is 13.3. The average molecular weight is 426 g/mol. The van der Waals surface area contributed by atoms with Gasteiger partial charge in [0.15, 0.2) is 0 Å². The minimum Gasteiger partial charge on any atom is -0.353 e. The molecule has 4 heteroatoms. The fraction of sp³-hybridized carbons (Fsp3) is 0.357. The van der Waals surface area contributed by atoms with Crippen molar-refractivity contribution in [1.29, 1.82) is 0 Å². The first-order chi connectivity index (χ1) is 15.6. The van der Waals surface area contributed by atoms with Crippen LogP contribution in [0.3, 0.4) is 0 Å². The third-order valence-electron chi connectivity index (χ3n) is 7.04. The van der Waals surface area contributed by atoms with Crippen LogP contribution in [0.4, 0.5) is 5.69 Å². The van der Waals surface area contributed by atoms with E-state index >= 15 is 0 Å².